The monoisotopic (exact) mass is 249 g/mol. The molecule has 0 aliphatic rings. The van der Waals surface area contributed by atoms with Crippen molar-refractivity contribution in [1.29, 1.82) is 0 Å². The quantitative estimate of drug-likeness (QED) is 0.822. The first-order chi connectivity index (χ1) is 8.54. The Labute approximate surface area is 112 Å². The van der Waals surface area contributed by atoms with Crippen LogP contribution < -0.4 is 10.5 Å². The number of rotatable bonds is 6. The third-order valence-corrected chi connectivity index (χ3v) is 3.78. The highest BCUT2D eigenvalue weighted by molar-refractivity contribution is 5.43. The van der Waals surface area contributed by atoms with Crippen LogP contribution in [0.5, 0.6) is 5.75 Å². The first-order valence-corrected chi connectivity index (χ1v) is 7.04. The molecule has 102 valence electrons. The van der Waals surface area contributed by atoms with Crippen LogP contribution in [0, 0.1) is 19.8 Å². The predicted molar refractivity (Wildman–Crippen MR) is 78.1 cm³/mol. The predicted octanol–water partition coefficient (Wildman–Crippen LogP) is 4.14. The van der Waals surface area contributed by atoms with Gasteiger partial charge in [0.15, 0.2) is 0 Å². The molecular weight excluding hydrogens is 222 g/mol. The standard InChI is InChI=1S/C16H27NO/c1-6-13(7-2)16(17)14-9-12(5)15(18-8-3)10-11(14)4/h9-10,13,16H,6-8,17H2,1-5H3. The fourth-order valence-corrected chi connectivity index (χ4v) is 2.53. The van der Waals surface area contributed by atoms with Crippen molar-refractivity contribution in [3.05, 3.63) is 28.8 Å². The minimum Gasteiger partial charge on any atom is -0.494 e. The van der Waals surface area contributed by atoms with Crippen molar-refractivity contribution in [2.75, 3.05) is 6.61 Å². The molecule has 18 heavy (non-hydrogen) atoms. The Morgan fingerprint density at radius 2 is 1.67 bits per heavy atom. The number of benzene rings is 1. The van der Waals surface area contributed by atoms with E-state index in [1.807, 2.05) is 6.92 Å². The van der Waals surface area contributed by atoms with E-state index in [1.54, 1.807) is 0 Å². The molecule has 2 N–H and O–H groups in total. The molecule has 1 atom stereocenters. The van der Waals surface area contributed by atoms with Gasteiger partial charge in [0.05, 0.1) is 6.61 Å². The molecule has 0 amide bonds. The molecule has 1 aromatic carbocycles. The summed E-state index contributed by atoms with van der Waals surface area (Å²) in [5, 5.41) is 0. The van der Waals surface area contributed by atoms with Gasteiger partial charge in [0.1, 0.15) is 5.75 Å². The number of hydrogen-bond donors (Lipinski definition) is 1. The Bertz CT molecular complexity index is 383. The fraction of sp³-hybridized carbons (Fsp3) is 0.625. The fourth-order valence-electron chi connectivity index (χ4n) is 2.53. The maximum Gasteiger partial charge on any atom is 0.122 e. The van der Waals surface area contributed by atoms with Crippen LogP contribution in [0.1, 0.15) is 56.3 Å². The van der Waals surface area contributed by atoms with Crippen LogP contribution in [0.3, 0.4) is 0 Å². The molecule has 2 nitrogen and oxygen atoms in total. The maximum absolute atomic E-state index is 6.41. The molecule has 0 aromatic heterocycles. The van der Waals surface area contributed by atoms with Gasteiger partial charge >= 0.3 is 0 Å². The molecule has 1 rings (SSSR count). The molecule has 0 spiro atoms. The Morgan fingerprint density at radius 1 is 1.06 bits per heavy atom. The first kappa shape index (κ1) is 15.0. The summed E-state index contributed by atoms with van der Waals surface area (Å²) < 4.78 is 5.62. The molecule has 0 aliphatic heterocycles. The normalized spacial score (nSPS) is 12.8. The summed E-state index contributed by atoms with van der Waals surface area (Å²) in [4.78, 5) is 0. The summed E-state index contributed by atoms with van der Waals surface area (Å²) in [6.45, 7) is 11.4. The molecule has 1 unspecified atom stereocenters. The van der Waals surface area contributed by atoms with E-state index >= 15 is 0 Å². The zero-order valence-electron chi connectivity index (χ0n) is 12.4. The summed E-state index contributed by atoms with van der Waals surface area (Å²) in [5.41, 5.74) is 10.1. The van der Waals surface area contributed by atoms with Gasteiger partial charge in [-0.2, -0.15) is 0 Å². The van der Waals surface area contributed by atoms with Crippen LogP contribution in [0.25, 0.3) is 0 Å². The van der Waals surface area contributed by atoms with E-state index in [2.05, 4.69) is 39.8 Å². The molecule has 0 heterocycles. The number of hydrogen-bond acceptors (Lipinski definition) is 2. The highest BCUT2D eigenvalue weighted by atomic mass is 16.5. The van der Waals surface area contributed by atoms with Gasteiger partial charge in [0, 0.05) is 6.04 Å². The van der Waals surface area contributed by atoms with Crippen molar-refractivity contribution in [3.8, 4) is 5.75 Å². The van der Waals surface area contributed by atoms with Crippen LogP contribution in [-0.4, -0.2) is 6.61 Å². The Balaban J connectivity index is 3.06. The van der Waals surface area contributed by atoms with E-state index in [4.69, 9.17) is 10.5 Å². The van der Waals surface area contributed by atoms with Crippen molar-refractivity contribution in [1.82, 2.24) is 0 Å². The Hall–Kier alpha value is -1.02. The number of aryl methyl sites for hydroxylation is 2. The minimum atomic E-state index is 0.134. The second-order valence-corrected chi connectivity index (χ2v) is 5.01. The summed E-state index contributed by atoms with van der Waals surface area (Å²) in [5.74, 6) is 1.54. The third kappa shape index (κ3) is 3.26. The second kappa shape index (κ2) is 6.79. The van der Waals surface area contributed by atoms with E-state index < -0.39 is 0 Å². The molecule has 0 saturated carbocycles. The van der Waals surface area contributed by atoms with Crippen LogP contribution in [-0.2, 0) is 0 Å². The van der Waals surface area contributed by atoms with E-state index in [9.17, 15) is 0 Å². The topological polar surface area (TPSA) is 35.2 Å². The zero-order chi connectivity index (χ0) is 13.7. The van der Waals surface area contributed by atoms with Crippen LogP contribution >= 0.6 is 0 Å². The van der Waals surface area contributed by atoms with Crippen LogP contribution in [0.15, 0.2) is 12.1 Å². The maximum atomic E-state index is 6.41. The summed E-state index contributed by atoms with van der Waals surface area (Å²) in [6.07, 6.45) is 2.26. The summed E-state index contributed by atoms with van der Waals surface area (Å²) >= 11 is 0. The minimum absolute atomic E-state index is 0.134. The van der Waals surface area contributed by atoms with Gasteiger partial charge in [-0.1, -0.05) is 32.8 Å². The third-order valence-electron chi connectivity index (χ3n) is 3.78. The van der Waals surface area contributed by atoms with Crippen molar-refractivity contribution in [2.45, 2.75) is 53.5 Å². The molecule has 0 aliphatic carbocycles. The van der Waals surface area contributed by atoms with Gasteiger partial charge < -0.3 is 10.5 Å². The second-order valence-electron chi connectivity index (χ2n) is 5.01. The zero-order valence-corrected chi connectivity index (χ0v) is 12.4. The lowest BCUT2D eigenvalue weighted by Gasteiger charge is -2.24. The van der Waals surface area contributed by atoms with Crippen molar-refractivity contribution < 1.29 is 4.74 Å². The molecule has 0 bridgehead atoms. The number of ether oxygens (including phenoxy) is 1. The summed E-state index contributed by atoms with van der Waals surface area (Å²) in [6, 6.07) is 4.45. The van der Waals surface area contributed by atoms with Crippen molar-refractivity contribution >= 4 is 0 Å². The molecule has 0 radical (unpaired) electrons. The smallest absolute Gasteiger partial charge is 0.122 e. The lowest BCUT2D eigenvalue weighted by molar-refractivity contribution is 0.337. The van der Waals surface area contributed by atoms with Gasteiger partial charge in [0.25, 0.3) is 0 Å². The molecule has 1 aromatic rings. The largest absolute Gasteiger partial charge is 0.494 e. The molecule has 0 fully saturated rings. The average molecular weight is 249 g/mol. The Kier molecular flexibility index (Phi) is 5.67. The van der Waals surface area contributed by atoms with Gasteiger partial charge in [-0.15, -0.1) is 0 Å². The first-order valence-electron chi connectivity index (χ1n) is 7.04. The van der Waals surface area contributed by atoms with Crippen LogP contribution in [0.4, 0.5) is 0 Å². The highest BCUT2D eigenvalue weighted by Crippen LogP contribution is 2.31. The molecule has 0 saturated heterocycles. The lowest BCUT2D eigenvalue weighted by Crippen LogP contribution is -2.21. The highest BCUT2D eigenvalue weighted by Gasteiger charge is 2.19. The lowest BCUT2D eigenvalue weighted by atomic mass is 9.86. The van der Waals surface area contributed by atoms with Gasteiger partial charge in [0.2, 0.25) is 0 Å². The van der Waals surface area contributed by atoms with E-state index in [-0.39, 0.29) is 6.04 Å². The van der Waals surface area contributed by atoms with Gasteiger partial charge in [-0.3, -0.25) is 0 Å². The average Bonchev–Trinajstić information content (AvgIpc) is 2.35. The summed E-state index contributed by atoms with van der Waals surface area (Å²) in [7, 11) is 0. The van der Waals surface area contributed by atoms with E-state index in [0.717, 1.165) is 18.6 Å². The number of nitrogens with two attached hydrogens (primary N) is 1. The Morgan fingerprint density at radius 3 is 2.17 bits per heavy atom. The molecule has 2 heteroatoms. The SMILES string of the molecule is CCOc1cc(C)c(C(N)C(CC)CC)cc1C. The van der Waals surface area contributed by atoms with E-state index in [0.29, 0.717) is 12.5 Å². The van der Waals surface area contributed by atoms with Gasteiger partial charge in [-0.25, -0.2) is 0 Å². The molecular formula is C16H27NO. The van der Waals surface area contributed by atoms with Crippen molar-refractivity contribution in [3.63, 3.8) is 0 Å². The van der Waals surface area contributed by atoms with Crippen LogP contribution in [0.2, 0.25) is 0 Å². The van der Waals surface area contributed by atoms with Crippen molar-refractivity contribution in [2.24, 2.45) is 11.7 Å². The van der Waals surface area contributed by atoms with Gasteiger partial charge in [-0.05, 0) is 49.4 Å². The van der Waals surface area contributed by atoms with E-state index in [1.165, 1.54) is 16.7 Å².